The molecule has 1 rings (SSSR count). The topological polar surface area (TPSA) is 95.5 Å². The van der Waals surface area contributed by atoms with Crippen molar-refractivity contribution in [3.8, 4) is 0 Å². The molecule has 8 heteroatoms. The van der Waals surface area contributed by atoms with Crippen LogP contribution in [0, 0.1) is 0 Å². The van der Waals surface area contributed by atoms with Crippen molar-refractivity contribution in [3.63, 3.8) is 0 Å². The van der Waals surface area contributed by atoms with Crippen molar-refractivity contribution in [2.24, 2.45) is 0 Å². The molecule has 0 aromatic carbocycles. The smallest absolute Gasteiger partial charge is 0.250 e. The van der Waals surface area contributed by atoms with Crippen LogP contribution in [0.15, 0.2) is 21.7 Å². The number of hydrogen-bond acceptors (Lipinski definition) is 5. The highest BCUT2D eigenvalue weighted by Gasteiger charge is 2.15. The van der Waals surface area contributed by atoms with E-state index >= 15 is 0 Å². The monoisotopic (exact) mass is 292 g/mol. The van der Waals surface area contributed by atoms with Crippen LogP contribution < -0.4 is 10.0 Å². The van der Waals surface area contributed by atoms with Gasteiger partial charge in [-0.1, -0.05) is 6.07 Å². The molecule has 0 bridgehead atoms. The highest BCUT2D eigenvalue weighted by atomic mass is 32.2. The summed E-state index contributed by atoms with van der Waals surface area (Å²) in [6.07, 6.45) is 0.0367. The van der Waals surface area contributed by atoms with Crippen LogP contribution in [0.25, 0.3) is 0 Å². The summed E-state index contributed by atoms with van der Waals surface area (Å²) in [5, 5.41) is 12.9. The van der Waals surface area contributed by atoms with E-state index in [0.717, 1.165) is 11.3 Å². The predicted molar refractivity (Wildman–Crippen MR) is 68.8 cm³/mol. The minimum Gasteiger partial charge on any atom is -0.394 e. The average Bonchev–Trinajstić information content (AvgIpc) is 2.82. The Bertz CT molecular complexity index is 470. The Labute approximate surface area is 110 Å². The number of sulfonamides is 1. The fourth-order valence-electron chi connectivity index (χ4n) is 1.18. The molecule has 3 N–H and O–H groups in total. The summed E-state index contributed by atoms with van der Waals surface area (Å²) in [4.78, 5) is 11.3. The van der Waals surface area contributed by atoms with Crippen LogP contribution in [0.3, 0.4) is 0 Å². The number of hydrogen-bond donors (Lipinski definition) is 3. The molecule has 0 aliphatic heterocycles. The predicted octanol–water partition coefficient (Wildman–Crippen LogP) is -0.0865. The molecule has 0 spiro atoms. The maximum absolute atomic E-state index is 11.7. The van der Waals surface area contributed by atoms with E-state index in [1.807, 2.05) is 0 Å². The number of carbonyl (C=O) groups is 1. The van der Waals surface area contributed by atoms with Gasteiger partial charge in [-0.3, -0.25) is 4.79 Å². The number of aliphatic hydroxyl groups is 1. The summed E-state index contributed by atoms with van der Waals surface area (Å²) < 4.78 is 25.9. The lowest BCUT2D eigenvalue weighted by Gasteiger charge is -2.10. The Kier molecular flexibility index (Phi) is 5.73. The van der Waals surface area contributed by atoms with E-state index in [4.69, 9.17) is 5.11 Å². The zero-order chi connectivity index (χ0) is 13.6. The Morgan fingerprint density at radius 3 is 2.83 bits per heavy atom. The van der Waals surface area contributed by atoms with Crippen LogP contribution in [-0.2, 0) is 14.8 Å². The largest absolute Gasteiger partial charge is 0.394 e. The highest BCUT2D eigenvalue weighted by Crippen LogP contribution is 2.14. The second-order valence-corrected chi connectivity index (χ2v) is 6.67. The molecule has 1 heterocycles. The minimum absolute atomic E-state index is 0.0320. The molecule has 0 aliphatic rings. The lowest BCUT2D eigenvalue weighted by Crippen LogP contribution is -2.37. The molecule has 1 aromatic rings. The van der Waals surface area contributed by atoms with Crippen LogP contribution in [0.1, 0.15) is 13.3 Å². The molecule has 0 unspecified atom stereocenters. The van der Waals surface area contributed by atoms with Gasteiger partial charge in [-0.2, -0.15) is 0 Å². The molecule has 0 radical (unpaired) electrons. The van der Waals surface area contributed by atoms with Crippen LogP contribution >= 0.6 is 11.3 Å². The van der Waals surface area contributed by atoms with Gasteiger partial charge >= 0.3 is 0 Å². The number of rotatable bonds is 7. The fraction of sp³-hybridized carbons (Fsp3) is 0.500. The van der Waals surface area contributed by atoms with Crippen LogP contribution in [-0.4, -0.2) is 38.6 Å². The summed E-state index contributed by atoms with van der Waals surface area (Å²) in [6, 6.07) is 2.82. The third-order valence-electron chi connectivity index (χ3n) is 2.09. The number of nitrogens with one attached hydrogen (secondary N) is 2. The first kappa shape index (κ1) is 15.1. The van der Waals surface area contributed by atoms with E-state index in [1.165, 1.54) is 6.07 Å². The first-order valence-corrected chi connectivity index (χ1v) is 7.75. The second-order valence-electron chi connectivity index (χ2n) is 3.73. The first-order chi connectivity index (χ1) is 8.45. The summed E-state index contributed by atoms with van der Waals surface area (Å²) in [5.41, 5.74) is 0. The molecule has 6 nitrogen and oxygen atoms in total. The summed E-state index contributed by atoms with van der Waals surface area (Å²) in [5.74, 6) is -0.301. The summed E-state index contributed by atoms with van der Waals surface area (Å²) in [7, 11) is -3.51. The van der Waals surface area contributed by atoms with Gasteiger partial charge in [0, 0.05) is 19.0 Å². The van der Waals surface area contributed by atoms with Crippen LogP contribution in [0.5, 0.6) is 0 Å². The van der Waals surface area contributed by atoms with Crippen molar-refractivity contribution in [3.05, 3.63) is 17.5 Å². The molecule has 1 atom stereocenters. The van der Waals surface area contributed by atoms with E-state index in [-0.39, 0.29) is 35.7 Å². The summed E-state index contributed by atoms with van der Waals surface area (Å²) >= 11 is 1.12. The van der Waals surface area contributed by atoms with Crippen molar-refractivity contribution in [2.75, 3.05) is 13.2 Å². The zero-order valence-electron chi connectivity index (χ0n) is 9.92. The van der Waals surface area contributed by atoms with Gasteiger partial charge in [-0.05, 0) is 18.4 Å². The molecule has 1 amide bonds. The maximum atomic E-state index is 11.7. The molecule has 0 saturated carbocycles. The van der Waals surface area contributed by atoms with E-state index in [9.17, 15) is 13.2 Å². The molecule has 102 valence electrons. The van der Waals surface area contributed by atoms with E-state index in [0.29, 0.717) is 0 Å². The van der Waals surface area contributed by atoms with Crippen LogP contribution in [0.4, 0.5) is 0 Å². The Hall–Kier alpha value is -0.960. The lowest BCUT2D eigenvalue weighted by atomic mass is 10.3. The Morgan fingerprint density at radius 1 is 1.56 bits per heavy atom. The molecular weight excluding hydrogens is 276 g/mol. The van der Waals surface area contributed by atoms with Gasteiger partial charge < -0.3 is 10.4 Å². The van der Waals surface area contributed by atoms with Crippen molar-refractivity contribution >= 4 is 27.3 Å². The second kappa shape index (κ2) is 6.83. The van der Waals surface area contributed by atoms with Crippen molar-refractivity contribution in [2.45, 2.75) is 23.6 Å². The van der Waals surface area contributed by atoms with Gasteiger partial charge in [-0.15, -0.1) is 11.3 Å². The van der Waals surface area contributed by atoms with Gasteiger partial charge in [0.15, 0.2) is 0 Å². The van der Waals surface area contributed by atoms with Gasteiger partial charge in [0.2, 0.25) is 15.9 Å². The zero-order valence-corrected chi connectivity index (χ0v) is 11.6. The number of thiophene rings is 1. The molecule has 0 fully saturated rings. The van der Waals surface area contributed by atoms with E-state index in [2.05, 4.69) is 10.0 Å². The Morgan fingerprint density at radius 2 is 2.28 bits per heavy atom. The van der Waals surface area contributed by atoms with Gasteiger partial charge in [0.1, 0.15) is 4.21 Å². The van der Waals surface area contributed by atoms with Gasteiger partial charge in [0.25, 0.3) is 0 Å². The quantitative estimate of drug-likeness (QED) is 0.654. The average molecular weight is 292 g/mol. The maximum Gasteiger partial charge on any atom is 0.250 e. The third kappa shape index (κ3) is 4.73. The Balaban J connectivity index is 2.36. The standard InChI is InChI=1S/C10H16N2O4S2/c1-8(7-13)12-9(14)4-5-11-18(15,16)10-3-2-6-17-10/h2-3,6,8,11,13H,4-5,7H2,1H3,(H,12,14)/t8-/m0/s1. The van der Waals surface area contributed by atoms with Crippen LogP contribution in [0.2, 0.25) is 0 Å². The fourth-order valence-corrected chi connectivity index (χ4v) is 3.25. The van der Waals surface area contributed by atoms with Gasteiger partial charge in [-0.25, -0.2) is 13.1 Å². The number of carbonyl (C=O) groups excluding carboxylic acids is 1. The first-order valence-electron chi connectivity index (χ1n) is 5.39. The number of aliphatic hydroxyl groups excluding tert-OH is 1. The van der Waals surface area contributed by atoms with Crippen molar-refractivity contribution < 1.29 is 18.3 Å². The SMILES string of the molecule is C[C@@H](CO)NC(=O)CCNS(=O)(=O)c1cccs1. The molecule has 18 heavy (non-hydrogen) atoms. The lowest BCUT2D eigenvalue weighted by molar-refractivity contribution is -0.121. The molecular formula is C10H16N2O4S2. The normalized spacial score (nSPS) is 13.2. The van der Waals surface area contributed by atoms with Crippen molar-refractivity contribution in [1.29, 1.82) is 0 Å². The van der Waals surface area contributed by atoms with E-state index in [1.54, 1.807) is 18.4 Å². The summed E-state index contributed by atoms with van der Waals surface area (Å²) in [6.45, 7) is 1.55. The van der Waals surface area contributed by atoms with E-state index < -0.39 is 10.0 Å². The molecule has 0 aliphatic carbocycles. The third-order valence-corrected chi connectivity index (χ3v) is 4.94. The highest BCUT2D eigenvalue weighted by molar-refractivity contribution is 7.91. The minimum atomic E-state index is -3.51. The molecule has 1 aromatic heterocycles. The van der Waals surface area contributed by atoms with Gasteiger partial charge in [0.05, 0.1) is 6.61 Å². The molecule has 0 saturated heterocycles. The van der Waals surface area contributed by atoms with Crippen molar-refractivity contribution in [1.82, 2.24) is 10.0 Å². The number of amides is 1.